The number of nitrogens with zero attached hydrogens (tertiary/aromatic N) is 2. The smallest absolute Gasteiger partial charge is 0.269 e. The van der Waals surface area contributed by atoms with Crippen LogP contribution in [-0.4, -0.2) is 41.4 Å². The summed E-state index contributed by atoms with van der Waals surface area (Å²) < 4.78 is 0. The second-order valence-corrected chi connectivity index (χ2v) is 6.52. The summed E-state index contributed by atoms with van der Waals surface area (Å²) >= 11 is 0. The van der Waals surface area contributed by atoms with Crippen LogP contribution in [0, 0.1) is 16.0 Å². The minimum absolute atomic E-state index is 0. The van der Waals surface area contributed by atoms with Gasteiger partial charge in [0.2, 0.25) is 5.91 Å². The molecule has 3 rings (SSSR count). The van der Waals surface area contributed by atoms with Gasteiger partial charge in [0.15, 0.2) is 0 Å². The molecule has 0 bridgehead atoms. The predicted molar refractivity (Wildman–Crippen MR) is 94.4 cm³/mol. The van der Waals surface area contributed by atoms with E-state index in [1.54, 1.807) is 12.1 Å². The van der Waals surface area contributed by atoms with Gasteiger partial charge in [-0.3, -0.25) is 14.9 Å². The average molecular weight is 354 g/mol. The molecule has 1 unspecified atom stereocenters. The minimum atomic E-state index is -0.423. The molecule has 0 radical (unpaired) electrons. The summed E-state index contributed by atoms with van der Waals surface area (Å²) in [7, 11) is 0. The third-order valence-electron chi connectivity index (χ3n) is 5.06. The predicted octanol–water partition coefficient (Wildman–Crippen LogP) is 2.55. The van der Waals surface area contributed by atoms with Gasteiger partial charge in [-0.05, 0) is 43.7 Å². The standard InChI is InChI=1S/C17H23N3O3.ClH/c21-17(12-13-3-5-15(6-4-13)20(22)23)19-10-7-14(8-11-19)16-2-1-9-18-16;/h3-6,14,16,18H,1-2,7-12H2;1H. The number of hydrogen-bond acceptors (Lipinski definition) is 4. The summed E-state index contributed by atoms with van der Waals surface area (Å²) in [6, 6.07) is 6.90. The highest BCUT2D eigenvalue weighted by Gasteiger charge is 2.29. The lowest BCUT2D eigenvalue weighted by molar-refractivity contribution is -0.384. The highest BCUT2D eigenvalue weighted by atomic mass is 35.5. The maximum atomic E-state index is 12.4. The molecular weight excluding hydrogens is 330 g/mol. The molecule has 2 aliphatic heterocycles. The normalized spacial score (nSPS) is 21.3. The first kappa shape index (κ1) is 18.7. The van der Waals surface area contributed by atoms with Crippen LogP contribution in [0.1, 0.15) is 31.2 Å². The van der Waals surface area contributed by atoms with Crippen molar-refractivity contribution in [3.63, 3.8) is 0 Å². The van der Waals surface area contributed by atoms with E-state index in [2.05, 4.69) is 5.32 Å². The van der Waals surface area contributed by atoms with Crippen LogP contribution < -0.4 is 5.32 Å². The Balaban J connectivity index is 0.00000208. The van der Waals surface area contributed by atoms with Crippen molar-refractivity contribution in [1.82, 2.24) is 10.2 Å². The molecule has 2 heterocycles. The van der Waals surface area contributed by atoms with Gasteiger partial charge in [0.1, 0.15) is 0 Å². The summed E-state index contributed by atoms with van der Waals surface area (Å²) in [5, 5.41) is 14.2. The first-order chi connectivity index (χ1) is 11.1. The zero-order valence-electron chi connectivity index (χ0n) is 13.6. The largest absolute Gasteiger partial charge is 0.342 e. The first-order valence-electron chi connectivity index (χ1n) is 8.38. The van der Waals surface area contributed by atoms with Crippen LogP contribution in [0.4, 0.5) is 5.69 Å². The molecule has 0 spiro atoms. The van der Waals surface area contributed by atoms with Crippen LogP contribution in [0.3, 0.4) is 0 Å². The van der Waals surface area contributed by atoms with Crippen LogP contribution in [0.2, 0.25) is 0 Å². The molecule has 7 heteroatoms. The Hall–Kier alpha value is -1.66. The molecule has 1 aromatic carbocycles. The van der Waals surface area contributed by atoms with Crippen LogP contribution in [0.15, 0.2) is 24.3 Å². The highest BCUT2D eigenvalue weighted by molar-refractivity contribution is 5.85. The molecular formula is C17H24ClN3O3. The highest BCUT2D eigenvalue weighted by Crippen LogP contribution is 2.26. The van der Waals surface area contributed by atoms with Crippen molar-refractivity contribution in [2.45, 2.75) is 38.1 Å². The van der Waals surface area contributed by atoms with Crippen molar-refractivity contribution in [3.05, 3.63) is 39.9 Å². The fourth-order valence-electron chi connectivity index (χ4n) is 3.69. The van der Waals surface area contributed by atoms with Gasteiger partial charge in [-0.1, -0.05) is 12.1 Å². The van der Waals surface area contributed by atoms with E-state index in [1.807, 2.05) is 4.90 Å². The molecule has 132 valence electrons. The number of amides is 1. The molecule has 1 aromatic rings. The Morgan fingerprint density at radius 2 is 1.88 bits per heavy atom. The van der Waals surface area contributed by atoms with E-state index >= 15 is 0 Å². The lowest BCUT2D eigenvalue weighted by atomic mass is 9.88. The van der Waals surface area contributed by atoms with Crippen molar-refractivity contribution < 1.29 is 9.72 Å². The number of carbonyl (C=O) groups excluding carboxylic acids is 1. The molecule has 1 atom stereocenters. The molecule has 0 aromatic heterocycles. The number of rotatable bonds is 4. The second-order valence-electron chi connectivity index (χ2n) is 6.52. The van der Waals surface area contributed by atoms with Crippen molar-refractivity contribution in [2.75, 3.05) is 19.6 Å². The average Bonchev–Trinajstić information content (AvgIpc) is 3.10. The Morgan fingerprint density at radius 3 is 2.42 bits per heavy atom. The SMILES string of the molecule is Cl.O=C(Cc1ccc([N+](=O)[O-])cc1)N1CCC(C2CCCN2)CC1. The van der Waals surface area contributed by atoms with Gasteiger partial charge in [-0.25, -0.2) is 0 Å². The maximum Gasteiger partial charge on any atom is 0.269 e. The van der Waals surface area contributed by atoms with E-state index in [0.29, 0.717) is 18.4 Å². The Bertz CT molecular complexity index is 565. The number of hydrogen-bond donors (Lipinski definition) is 1. The van der Waals surface area contributed by atoms with Gasteiger partial charge in [0.25, 0.3) is 5.69 Å². The molecule has 2 fully saturated rings. The third-order valence-corrected chi connectivity index (χ3v) is 5.06. The summed E-state index contributed by atoms with van der Waals surface area (Å²) in [4.78, 5) is 24.6. The lowest BCUT2D eigenvalue weighted by Gasteiger charge is -2.35. The third kappa shape index (κ3) is 4.45. The van der Waals surface area contributed by atoms with Gasteiger partial charge in [0, 0.05) is 31.3 Å². The number of nitrogens with one attached hydrogen (secondary N) is 1. The van der Waals surface area contributed by atoms with Gasteiger partial charge < -0.3 is 10.2 Å². The molecule has 1 amide bonds. The minimum Gasteiger partial charge on any atom is -0.342 e. The molecule has 0 aliphatic carbocycles. The molecule has 0 saturated carbocycles. The molecule has 1 N–H and O–H groups in total. The van der Waals surface area contributed by atoms with Gasteiger partial charge >= 0.3 is 0 Å². The van der Waals surface area contributed by atoms with Crippen molar-refractivity contribution in [3.8, 4) is 0 Å². The molecule has 2 aliphatic rings. The Morgan fingerprint density at radius 1 is 1.21 bits per heavy atom. The summed E-state index contributed by atoms with van der Waals surface area (Å²) in [6.07, 6.45) is 5.00. The number of carbonyl (C=O) groups is 1. The summed E-state index contributed by atoms with van der Waals surface area (Å²) in [5.74, 6) is 0.817. The number of nitro benzene ring substituents is 1. The number of likely N-dealkylation sites (tertiary alicyclic amines) is 1. The van der Waals surface area contributed by atoms with E-state index in [-0.39, 0.29) is 24.0 Å². The van der Waals surface area contributed by atoms with Gasteiger partial charge in [-0.2, -0.15) is 0 Å². The van der Waals surface area contributed by atoms with Crippen molar-refractivity contribution in [1.29, 1.82) is 0 Å². The van der Waals surface area contributed by atoms with E-state index in [4.69, 9.17) is 0 Å². The fourth-order valence-corrected chi connectivity index (χ4v) is 3.69. The Labute approximate surface area is 148 Å². The van der Waals surface area contributed by atoms with Crippen molar-refractivity contribution in [2.24, 2.45) is 5.92 Å². The number of nitro groups is 1. The Kier molecular flexibility index (Phi) is 6.57. The second kappa shape index (κ2) is 8.44. The van der Waals surface area contributed by atoms with Gasteiger partial charge in [-0.15, -0.1) is 12.4 Å². The monoisotopic (exact) mass is 353 g/mol. The maximum absolute atomic E-state index is 12.4. The molecule has 24 heavy (non-hydrogen) atoms. The summed E-state index contributed by atoms with van der Waals surface area (Å²) in [5.41, 5.74) is 0.895. The summed E-state index contributed by atoms with van der Waals surface area (Å²) in [6.45, 7) is 2.78. The quantitative estimate of drug-likeness (QED) is 0.666. The molecule has 6 nitrogen and oxygen atoms in total. The zero-order chi connectivity index (χ0) is 16.2. The fraction of sp³-hybridized carbons (Fsp3) is 0.588. The van der Waals surface area contributed by atoms with Crippen LogP contribution >= 0.6 is 12.4 Å². The number of halogens is 1. The van der Waals surface area contributed by atoms with E-state index < -0.39 is 4.92 Å². The lowest BCUT2D eigenvalue weighted by Crippen LogP contribution is -2.43. The number of benzene rings is 1. The number of non-ortho nitro benzene ring substituents is 1. The van der Waals surface area contributed by atoms with Crippen LogP contribution in [0.5, 0.6) is 0 Å². The van der Waals surface area contributed by atoms with E-state index in [0.717, 1.165) is 38.0 Å². The topological polar surface area (TPSA) is 75.5 Å². The van der Waals surface area contributed by atoms with Crippen LogP contribution in [-0.2, 0) is 11.2 Å². The van der Waals surface area contributed by atoms with Gasteiger partial charge in [0.05, 0.1) is 11.3 Å². The zero-order valence-corrected chi connectivity index (χ0v) is 14.5. The van der Waals surface area contributed by atoms with E-state index in [9.17, 15) is 14.9 Å². The molecule has 2 saturated heterocycles. The number of piperidine rings is 1. The van der Waals surface area contributed by atoms with E-state index in [1.165, 1.54) is 25.0 Å². The first-order valence-corrected chi connectivity index (χ1v) is 8.38. The van der Waals surface area contributed by atoms with Crippen molar-refractivity contribution >= 4 is 24.0 Å². The van der Waals surface area contributed by atoms with Crippen LogP contribution in [0.25, 0.3) is 0 Å².